The van der Waals surface area contributed by atoms with Crippen molar-refractivity contribution in [2.75, 3.05) is 18.0 Å². The molecule has 1 fully saturated rings. The van der Waals surface area contributed by atoms with Crippen molar-refractivity contribution in [3.8, 4) is 0 Å². The minimum absolute atomic E-state index is 0.0950. The first kappa shape index (κ1) is 14.9. The van der Waals surface area contributed by atoms with Crippen LogP contribution in [0.5, 0.6) is 0 Å². The minimum atomic E-state index is 0.0950. The molecular weight excluding hydrogens is 300 g/mol. The third kappa shape index (κ3) is 2.97. The summed E-state index contributed by atoms with van der Waals surface area (Å²) in [6.45, 7) is 13.5. The van der Waals surface area contributed by atoms with E-state index in [0.717, 1.165) is 19.5 Å². The summed E-state index contributed by atoms with van der Waals surface area (Å²) >= 11 is 3.75. The second-order valence-corrected chi connectivity index (χ2v) is 7.70. The Morgan fingerprint density at radius 3 is 2.47 bits per heavy atom. The Hall–Kier alpha value is -0.540. The summed E-state index contributed by atoms with van der Waals surface area (Å²) in [5.41, 5.74) is 2.83. The van der Waals surface area contributed by atoms with E-state index in [1.165, 1.54) is 15.7 Å². The third-order valence-corrected chi connectivity index (χ3v) is 4.66. The molecule has 0 saturated carbocycles. The van der Waals surface area contributed by atoms with Gasteiger partial charge >= 0.3 is 0 Å². The lowest BCUT2D eigenvalue weighted by Crippen LogP contribution is -2.57. The Kier molecular flexibility index (Phi) is 3.99. The number of halogens is 1. The van der Waals surface area contributed by atoms with E-state index in [4.69, 9.17) is 0 Å². The smallest absolute Gasteiger partial charge is 0.0520 e. The van der Waals surface area contributed by atoms with E-state index in [1.807, 2.05) is 0 Å². The molecule has 3 heteroatoms. The van der Waals surface area contributed by atoms with E-state index < -0.39 is 0 Å². The fraction of sp³-hybridized carbons (Fsp3) is 0.625. The predicted molar refractivity (Wildman–Crippen MR) is 87.0 cm³/mol. The quantitative estimate of drug-likeness (QED) is 0.836. The fourth-order valence-electron chi connectivity index (χ4n) is 3.24. The molecule has 0 spiro atoms. The normalized spacial score (nSPS) is 22.1. The molecule has 0 aliphatic carbocycles. The van der Waals surface area contributed by atoms with E-state index in [1.54, 1.807) is 0 Å². The average molecular weight is 325 g/mol. The molecule has 0 atom stereocenters. The van der Waals surface area contributed by atoms with Gasteiger partial charge in [0.15, 0.2) is 0 Å². The van der Waals surface area contributed by atoms with E-state index in [2.05, 4.69) is 79.0 Å². The lowest BCUT2D eigenvalue weighted by molar-refractivity contribution is 0.357. The summed E-state index contributed by atoms with van der Waals surface area (Å²) in [5, 5.41) is 3.57. The lowest BCUT2D eigenvalue weighted by atomic mass is 9.91. The number of hydrogen-bond donors (Lipinski definition) is 1. The summed E-state index contributed by atoms with van der Waals surface area (Å²) in [6, 6.07) is 6.65. The molecular formula is C16H25BrN2. The zero-order chi connectivity index (χ0) is 14.3. The Labute approximate surface area is 125 Å². The van der Waals surface area contributed by atoms with Crippen LogP contribution in [0.25, 0.3) is 0 Å². The van der Waals surface area contributed by atoms with Gasteiger partial charge in [0.05, 0.1) is 5.69 Å². The molecule has 1 N–H and O–H groups in total. The van der Waals surface area contributed by atoms with Crippen LogP contribution in [0.2, 0.25) is 0 Å². The van der Waals surface area contributed by atoms with Crippen LogP contribution in [0.3, 0.4) is 0 Å². The fourth-order valence-corrected chi connectivity index (χ4v) is 3.91. The van der Waals surface area contributed by atoms with Gasteiger partial charge in [-0.05, 0) is 81.2 Å². The molecule has 1 aliphatic heterocycles. The number of hydrogen-bond acceptors (Lipinski definition) is 2. The van der Waals surface area contributed by atoms with Gasteiger partial charge in [-0.2, -0.15) is 0 Å². The van der Waals surface area contributed by atoms with Crippen molar-refractivity contribution >= 4 is 21.6 Å². The maximum atomic E-state index is 3.75. The second kappa shape index (κ2) is 5.10. The van der Waals surface area contributed by atoms with Crippen LogP contribution >= 0.6 is 15.9 Å². The molecule has 0 amide bonds. The number of rotatable bonds is 1. The summed E-state index contributed by atoms with van der Waals surface area (Å²) in [7, 11) is 0. The summed E-state index contributed by atoms with van der Waals surface area (Å²) in [5.74, 6) is 0. The summed E-state index contributed by atoms with van der Waals surface area (Å²) in [6.07, 6.45) is 1.15. The highest BCUT2D eigenvalue weighted by Crippen LogP contribution is 2.39. The molecule has 0 radical (unpaired) electrons. The number of nitrogens with zero attached hydrogens (tertiary/aromatic N) is 1. The molecule has 19 heavy (non-hydrogen) atoms. The Morgan fingerprint density at radius 2 is 1.84 bits per heavy atom. The molecule has 0 aromatic heterocycles. The first-order valence-corrected chi connectivity index (χ1v) is 7.81. The zero-order valence-electron chi connectivity index (χ0n) is 12.7. The van der Waals surface area contributed by atoms with Gasteiger partial charge in [-0.3, -0.25) is 0 Å². The first-order valence-electron chi connectivity index (χ1n) is 7.01. The topological polar surface area (TPSA) is 15.3 Å². The third-order valence-electron chi connectivity index (χ3n) is 4.03. The van der Waals surface area contributed by atoms with Gasteiger partial charge in [-0.15, -0.1) is 0 Å². The SMILES string of the molecule is Cc1ccc(N2C(C)(C)CCNCC2(C)C)c(Br)c1. The molecule has 0 unspecified atom stereocenters. The van der Waals surface area contributed by atoms with E-state index in [0.29, 0.717) is 0 Å². The van der Waals surface area contributed by atoms with Crippen molar-refractivity contribution in [1.29, 1.82) is 0 Å². The number of benzene rings is 1. The van der Waals surface area contributed by atoms with Gasteiger partial charge in [0.25, 0.3) is 0 Å². The number of anilines is 1. The average Bonchev–Trinajstić information content (AvgIpc) is 2.37. The Bertz CT molecular complexity index is 448. The minimum Gasteiger partial charge on any atom is -0.359 e. The Morgan fingerprint density at radius 1 is 1.16 bits per heavy atom. The van der Waals surface area contributed by atoms with Crippen molar-refractivity contribution in [2.24, 2.45) is 0 Å². The Balaban J connectivity index is 2.53. The van der Waals surface area contributed by atoms with Crippen LogP contribution in [0.15, 0.2) is 22.7 Å². The number of nitrogens with one attached hydrogen (secondary N) is 1. The van der Waals surface area contributed by atoms with Crippen molar-refractivity contribution in [3.05, 3.63) is 28.2 Å². The van der Waals surface area contributed by atoms with Gasteiger partial charge in [0.2, 0.25) is 0 Å². The second-order valence-electron chi connectivity index (χ2n) is 6.84. The van der Waals surface area contributed by atoms with Gasteiger partial charge in [0, 0.05) is 22.1 Å². The molecule has 2 nitrogen and oxygen atoms in total. The molecule has 106 valence electrons. The van der Waals surface area contributed by atoms with E-state index in [-0.39, 0.29) is 11.1 Å². The van der Waals surface area contributed by atoms with Crippen molar-refractivity contribution < 1.29 is 0 Å². The molecule has 1 aromatic carbocycles. The highest BCUT2D eigenvalue weighted by Gasteiger charge is 2.40. The maximum absolute atomic E-state index is 3.75. The highest BCUT2D eigenvalue weighted by atomic mass is 79.9. The zero-order valence-corrected chi connectivity index (χ0v) is 14.3. The number of aryl methyl sites for hydroxylation is 1. The van der Waals surface area contributed by atoms with Crippen molar-refractivity contribution in [3.63, 3.8) is 0 Å². The van der Waals surface area contributed by atoms with Crippen LogP contribution in [0.4, 0.5) is 5.69 Å². The molecule has 1 heterocycles. The molecule has 1 saturated heterocycles. The van der Waals surface area contributed by atoms with E-state index >= 15 is 0 Å². The standard InChI is InChI=1S/C16H25BrN2/c1-12-6-7-14(13(17)10-12)19-15(2,3)8-9-18-11-16(19,4)5/h6-7,10,18H,8-9,11H2,1-5H3. The van der Waals surface area contributed by atoms with Crippen molar-refractivity contribution in [2.45, 2.75) is 52.1 Å². The summed E-state index contributed by atoms with van der Waals surface area (Å²) in [4.78, 5) is 2.57. The van der Waals surface area contributed by atoms with Crippen LogP contribution in [0, 0.1) is 6.92 Å². The monoisotopic (exact) mass is 324 g/mol. The lowest BCUT2D eigenvalue weighted by Gasteiger charge is -2.49. The molecule has 0 bridgehead atoms. The van der Waals surface area contributed by atoms with Crippen LogP contribution < -0.4 is 10.2 Å². The van der Waals surface area contributed by atoms with Gasteiger partial charge in [-0.25, -0.2) is 0 Å². The van der Waals surface area contributed by atoms with Crippen LogP contribution in [0.1, 0.15) is 39.7 Å². The predicted octanol–water partition coefficient (Wildman–Crippen LogP) is 4.11. The maximum Gasteiger partial charge on any atom is 0.0520 e. The van der Waals surface area contributed by atoms with Crippen molar-refractivity contribution in [1.82, 2.24) is 5.32 Å². The first-order chi connectivity index (χ1) is 8.74. The largest absolute Gasteiger partial charge is 0.359 e. The molecule has 2 rings (SSSR count). The van der Waals surface area contributed by atoms with E-state index in [9.17, 15) is 0 Å². The molecule has 1 aromatic rings. The summed E-state index contributed by atoms with van der Waals surface area (Å²) < 4.78 is 1.19. The highest BCUT2D eigenvalue weighted by molar-refractivity contribution is 9.10. The van der Waals surface area contributed by atoms with Gasteiger partial charge in [-0.1, -0.05) is 6.07 Å². The van der Waals surface area contributed by atoms with Gasteiger partial charge in [0.1, 0.15) is 0 Å². The van der Waals surface area contributed by atoms with Gasteiger partial charge < -0.3 is 10.2 Å². The molecule has 1 aliphatic rings. The van der Waals surface area contributed by atoms with Crippen LogP contribution in [-0.4, -0.2) is 24.2 Å². The van der Waals surface area contributed by atoms with Crippen LogP contribution in [-0.2, 0) is 0 Å².